The fourth-order valence-electron chi connectivity index (χ4n) is 0.247. The second-order valence-corrected chi connectivity index (χ2v) is 2.22. The lowest BCUT2D eigenvalue weighted by Crippen LogP contribution is -2.08. The molecule has 36 valence electrons. The van der Waals surface area contributed by atoms with Gasteiger partial charge in [0.05, 0.1) is 11.5 Å². The highest BCUT2D eigenvalue weighted by Crippen LogP contribution is 1.66. The third kappa shape index (κ3) is 1.00. The van der Waals surface area contributed by atoms with Gasteiger partial charge in [-0.1, -0.05) is 0 Å². The van der Waals surface area contributed by atoms with Crippen LogP contribution in [0.5, 0.6) is 0 Å². The normalized spacial score (nSPS) is 9.29. The Kier molecular flexibility index (Phi) is 1.43. The number of nitrogens with zero attached hydrogens (tertiary/aromatic N) is 2. The number of hydrogen-bond acceptors (Lipinski definition) is 2. The van der Waals surface area contributed by atoms with Crippen molar-refractivity contribution in [1.82, 2.24) is 15.4 Å². The van der Waals surface area contributed by atoms with Gasteiger partial charge in [-0.05, 0) is 0 Å². The number of nitrogens with one attached hydrogen (secondary N) is 1. The molecule has 0 aliphatic carbocycles. The summed E-state index contributed by atoms with van der Waals surface area (Å²) in [6.45, 7) is 0. The summed E-state index contributed by atoms with van der Waals surface area (Å²) in [4.78, 5) is 0. The summed E-state index contributed by atoms with van der Waals surface area (Å²) in [7, 11) is 0.222. The molecule has 0 saturated carbocycles. The molecule has 0 fully saturated rings. The van der Waals surface area contributed by atoms with Gasteiger partial charge < -0.3 is 0 Å². The van der Waals surface area contributed by atoms with Crippen molar-refractivity contribution < 1.29 is 0 Å². The minimum atomic E-state index is 0.222. The van der Waals surface area contributed by atoms with Crippen LogP contribution in [0.1, 0.15) is 0 Å². The maximum atomic E-state index is 5.37. The molecule has 3 nitrogen and oxygen atoms in total. The molecule has 0 unspecified atom stereocenters. The van der Waals surface area contributed by atoms with E-state index in [4.69, 9.17) is 11.1 Å². The molecule has 0 aliphatic heterocycles. The first-order valence-corrected chi connectivity index (χ1v) is 3.67. The first-order valence-electron chi connectivity index (χ1n) is 1.66. The van der Waals surface area contributed by atoms with Crippen LogP contribution in [-0.2, 0) is 0 Å². The van der Waals surface area contributed by atoms with E-state index in [1.54, 1.807) is 6.20 Å². The molecule has 0 saturated heterocycles. The molecule has 1 aromatic heterocycles. The van der Waals surface area contributed by atoms with Crippen LogP contribution >= 0.6 is 11.1 Å². The van der Waals surface area contributed by atoms with Crippen molar-refractivity contribution in [3.05, 3.63) is 6.20 Å². The van der Waals surface area contributed by atoms with Gasteiger partial charge in [0, 0.05) is 0 Å². The van der Waals surface area contributed by atoms with E-state index >= 15 is 0 Å². The number of aromatic nitrogens is 3. The zero-order chi connectivity index (χ0) is 5.11. The molecule has 1 N–H and O–H groups in total. The summed E-state index contributed by atoms with van der Waals surface area (Å²) >= 11 is 5.37. The smallest absolute Gasteiger partial charge is 0.198 e. The Morgan fingerprint density at radius 2 is 2.71 bits per heavy atom. The summed E-state index contributed by atoms with van der Waals surface area (Å²) in [5.74, 6) is 0. The van der Waals surface area contributed by atoms with Crippen molar-refractivity contribution in [2.75, 3.05) is 0 Å². The molecule has 5 heteroatoms. The molecule has 7 heavy (non-hydrogen) atoms. The van der Waals surface area contributed by atoms with Gasteiger partial charge >= 0.3 is 0 Å². The van der Waals surface area contributed by atoms with Gasteiger partial charge in [-0.3, -0.25) is 0 Å². The van der Waals surface area contributed by atoms with Crippen LogP contribution in [0, 0.1) is 0 Å². The average Bonchev–Trinajstić information content (AvgIpc) is 2.14. The highest BCUT2D eigenvalue weighted by atomic mass is 35.6. The standard InChI is InChI=1S/C2H2ClN3Si/c3-7-2-1-4-6-5-2/h1H,(H,4,5,6). The highest BCUT2D eigenvalue weighted by Gasteiger charge is 1.89. The number of halogens is 1. The second kappa shape index (κ2) is 2.09. The van der Waals surface area contributed by atoms with E-state index in [-0.39, 0.29) is 8.83 Å². The maximum Gasteiger partial charge on any atom is 0.239 e. The molecular formula is C2H2ClN3Si. The molecule has 1 heterocycles. The lowest BCUT2D eigenvalue weighted by atomic mass is 10.9. The minimum Gasteiger partial charge on any atom is -0.198 e. The van der Waals surface area contributed by atoms with Crippen molar-refractivity contribution in [2.24, 2.45) is 0 Å². The second-order valence-electron chi connectivity index (χ2n) is 0.950. The van der Waals surface area contributed by atoms with Gasteiger partial charge in [0.15, 0.2) is 0 Å². The summed E-state index contributed by atoms with van der Waals surface area (Å²) in [5, 5.41) is 10.5. The molecule has 0 bridgehead atoms. The third-order valence-electron chi connectivity index (χ3n) is 0.512. The monoisotopic (exact) mass is 131 g/mol. The summed E-state index contributed by atoms with van der Waals surface area (Å²) in [5.41, 5.74) is 0. The van der Waals surface area contributed by atoms with Gasteiger partial charge in [0.1, 0.15) is 0 Å². The molecular weight excluding hydrogens is 130 g/mol. The van der Waals surface area contributed by atoms with E-state index in [2.05, 4.69) is 15.4 Å². The van der Waals surface area contributed by atoms with Crippen molar-refractivity contribution in [2.45, 2.75) is 0 Å². The molecule has 0 aromatic carbocycles. The molecule has 1 aromatic rings. The van der Waals surface area contributed by atoms with E-state index in [0.29, 0.717) is 0 Å². The predicted octanol–water partition coefficient (Wildman–Crippen LogP) is -0.712. The Balaban J connectivity index is 2.76. The SMILES string of the molecule is Cl[Si]c1cn[nH]n1. The highest BCUT2D eigenvalue weighted by molar-refractivity contribution is 7.00. The van der Waals surface area contributed by atoms with Crippen LogP contribution in [-0.4, -0.2) is 24.2 Å². The van der Waals surface area contributed by atoms with Crippen LogP contribution in [0.25, 0.3) is 0 Å². The van der Waals surface area contributed by atoms with Crippen molar-refractivity contribution >= 4 is 25.2 Å². The summed E-state index contributed by atoms with van der Waals surface area (Å²) < 4.78 is 0. The van der Waals surface area contributed by atoms with E-state index in [1.807, 2.05) is 0 Å². The first-order chi connectivity index (χ1) is 3.43. The Hall–Kier alpha value is -0.353. The summed E-state index contributed by atoms with van der Waals surface area (Å²) in [6, 6.07) is 0. The molecule has 2 radical (unpaired) electrons. The number of H-pyrrole nitrogens is 1. The maximum absolute atomic E-state index is 5.37. The molecule has 0 aliphatic rings. The van der Waals surface area contributed by atoms with E-state index in [0.717, 1.165) is 5.32 Å². The first kappa shape index (κ1) is 4.80. The Morgan fingerprint density at radius 1 is 1.86 bits per heavy atom. The van der Waals surface area contributed by atoms with Crippen LogP contribution in [0.3, 0.4) is 0 Å². The average molecular weight is 132 g/mol. The predicted molar refractivity (Wildman–Crippen MR) is 27.6 cm³/mol. The van der Waals surface area contributed by atoms with Gasteiger partial charge in [-0.25, -0.2) is 0 Å². The van der Waals surface area contributed by atoms with Gasteiger partial charge in [0.2, 0.25) is 8.83 Å². The zero-order valence-electron chi connectivity index (χ0n) is 3.35. The zero-order valence-corrected chi connectivity index (χ0v) is 5.11. The number of rotatable bonds is 1. The quantitative estimate of drug-likeness (QED) is 0.404. The van der Waals surface area contributed by atoms with Gasteiger partial charge in [0.25, 0.3) is 0 Å². The fourth-order valence-corrected chi connectivity index (χ4v) is 0.726. The van der Waals surface area contributed by atoms with Gasteiger partial charge in [-0.15, -0.1) is 0 Å². The van der Waals surface area contributed by atoms with Crippen LogP contribution in [0.15, 0.2) is 6.20 Å². The number of hydrogen-bond donors (Lipinski definition) is 1. The molecule has 0 amide bonds. The van der Waals surface area contributed by atoms with Crippen LogP contribution in [0.2, 0.25) is 0 Å². The molecule has 1 rings (SSSR count). The van der Waals surface area contributed by atoms with E-state index in [9.17, 15) is 0 Å². The Labute approximate surface area is 47.6 Å². The van der Waals surface area contributed by atoms with E-state index in [1.165, 1.54) is 0 Å². The third-order valence-corrected chi connectivity index (χ3v) is 1.53. The molecule has 0 spiro atoms. The Bertz CT molecular complexity index is 127. The summed E-state index contributed by atoms with van der Waals surface area (Å²) in [6.07, 6.45) is 1.60. The van der Waals surface area contributed by atoms with Crippen molar-refractivity contribution in [1.29, 1.82) is 0 Å². The molecule has 0 atom stereocenters. The van der Waals surface area contributed by atoms with Gasteiger partial charge in [-0.2, -0.15) is 26.5 Å². The van der Waals surface area contributed by atoms with E-state index < -0.39 is 0 Å². The fraction of sp³-hybridized carbons (Fsp3) is 0. The van der Waals surface area contributed by atoms with Crippen LogP contribution in [0.4, 0.5) is 0 Å². The van der Waals surface area contributed by atoms with Crippen molar-refractivity contribution in [3.63, 3.8) is 0 Å². The van der Waals surface area contributed by atoms with Crippen LogP contribution < -0.4 is 5.32 Å². The van der Waals surface area contributed by atoms with Crippen molar-refractivity contribution in [3.8, 4) is 0 Å². The minimum absolute atomic E-state index is 0.222. The lowest BCUT2D eigenvalue weighted by molar-refractivity contribution is 0.946. The number of aromatic amines is 1. The topological polar surface area (TPSA) is 41.6 Å². The Morgan fingerprint density at radius 3 is 3.00 bits per heavy atom. The lowest BCUT2D eigenvalue weighted by Gasteiger charge is -1.69. The largest absolute Gasteiger partial charge is 0.239 e.